The van der Waals surface area contributed by atoms with Crippen molar-refractivity contribution in [3.8, 4) is 11.4 Å². The monoisotopic (exact) mass is 389 g/mol. The van der Waals surface area contributed by atoms with Gasteiger partial charge >= 0.3 is 0 Å². The van der Waals surface area contributed by atoms with Gasteiger partial charge in [0.1, 0.15) is 24.0 Å². The van der Waals surface area contributed by atoms with Crippen molar-refractivity contribution < 1.29 is 9.53 Å². The normalized spacial score (nSPS) is 10.8. The lowest BCUT2D eigenvalue weighted by atomic mass is 10.2. The van der Waals surface area contributed by atoms with E-state index in [2.05, 4.69) is 15.4 Å². The number of benzene rings is 2. The van der Waals surface area contributed by atoms with Gasteiger partial charge in [-0.25, -0.2) is 9.67 Å². The third kappa shape index (κ3) is 3.86. The summed E-state index contributed by atoms with van der Waals surface area (Å²) in [7, 11) is 1.60. The van der Waals surface area contributed by atoms with Crippen LogP contribution in [0.15, 0.2) is 71.9 Å². The zero-order chi connectivity index (χ0) is 20.2. The first-order chi connectivity index (χ1) is 14.2. The number of aromatic nitrogens is 4. The minimum atomic E-state index is -0.309. The van der Waals surface area contributed by atoms with E-state index in [9.17, 15) is 9.59 Å². The van der Waals surface area contributed by atoms with Crippen LogP contribution in [0.4, 0.5) is 0 Å². The van der Waals surface area contributed by atoms with Gasteiger partial charge in [-0.2, -0.15) is 5.10 Å². The average Bonchev–Trinajstić information content (AvgIpc) is 3.20. The predicted octanol–water partition coefficient (Wildman–Crippen LogP) is 1.91. The number of fused-ring (bicyclic) bond motifs is 1. The fourth-order valence-electron chi connectivity index (χ4n) is 2.97. The summed E-state index contributed by atoms with van der Waals surface area (Å²) in [6.45, 7) is 0.244. The van der Waals surface area contributed by atoms with Crippen molar-refractivity contribution >= 4 is 16.9 Å². The maximum Gasteiger partial charge on any atom is 0.264 e. The minimum absolute atomic E-state index is 0.117. The highest BCUT2D eigenvalue weighted by molar-refractivity contribution is 5.77. The number of para-hydroxylation sites is 1. The van der Waals surface area contributed by atoms with Gasteiger partial charge in [0.25, 0.3) is 5.56 Å². The van der Waals surface area contributed by atoms with Crippen LogP contribution in [-0.4, -0.2) is 32.3 Å². The topological polar surface area (TPSA) is 91.0 Å². The molecule has 1 amide bonds. The summed E-state index contributed by atoms with van der Waals surface area (Å²) in [4.78, 5) is 29.3. The number of nitrogens with zero attached hydrogens (tertiary/aromatic N) is 4. The van der Waals surface area contributed by atoms with Gasteiger partial charge in [-0.05, 0) is 29.8 Å². The van der Waals surface area contributed by atoms with Crippen LogP contribution in [0.25, 0.3) is 16.7 Å². The largest absolute Gasteiger partial charge is 0.497 e. The maximum atomic E-state index is 12.7. The summed E-state index contributed by atoms with van der Waals surface area (Å²) >= 11 is 0. The molecule has 0 fully saturated rings. The summed E-state index contributed by atoms with van der Waals surface area (Å²) in [5.41, 5.74) is 1.89. The molecule has 8 heteroatoms. The van der Waals surface area contributed by atoms with Crippen LogP contribution in [-0.2, 0) is 17.9 Å². The quantitative estimate of drug-likeness (QED) is 0.544. The first-order valence-corrected chi connectivity index (χ1v) is 9.04. The molecule has 0 unspecified atom stereocenters. The number of carbonyl (C=O) groups is 1. The van der Waals surface area contributed by atoms with Gasteiger partial charge in [0.15, 0.2) is 5.65 Å². The Balaban J connectivity index is 1.48. The smallest absolute Gasteiger partial charge is 0.264 e. The van der Waals surface area contributed by atoms with Crippen molar-refractivity contribution in [1.82, 2.24) is 24.6 Å². The third-order valence-electron chi connectivity index (χ3n) is 4.52. The Bertz CT molecular complexity index is 1200. The van der Waals surface area contributed by atoms with Gasteiger partial charge in [-0.15, -0.1) is 0 Å². The fraction of sp³-hybridized carbons (Fsp3) is 0.143. The lowest BCUT2D eigenvalue weighted by Gasteiger charge is -2.08. The molecule has 0 aliphatic heterocycles. The Morgan fingerprint density at radius 1 is 1.10 bits per heavy atom. The van der Waals surface area contributed by atoms with Crippen LogP contribution in [0.3, 0.4) is 0 Å². The number of carbonyl (C=O) groups excluding carboxylic acids is 1. The second-order valence-corrected chi connectivity index (χ2v) is 6.43. The van der Waals surface area contributed by atoms with Crippen molar-refractivity contribution in [2.24, 2.45) is 0 Å². The van der Waals surface area contributed by atoms with Gasteiger partial charge in [-0.1, -0.05) is 30.3 Å². The summed E-state index contributed by atoms with van der Waals surface area (Å²) in [5.74, 6) is 0.474. The number of methoxy groups -OCH3 is 1. The highest BCUT2D eigenvalue weighted by Crippen LogP contribution is 2.13. The van der Waals surface area contributed by atoms with Crippen LogP contribution in [0.5, 0.6) is 5.75 Å². The molecule has 146 valence electrons. The second kappa shape index (κ2) is 7.97. The first-order valence-electron chi connectivity index (χ1n) is 9.04. The molecule has 2 aromatic carbocycles. The maximum absolute atomic E-state index is 12.7. The standard InChI is InChI=1S/C21H19N5O3/c1-29-17-9-7-15(8-10-17)11-22-19(27)13-25-14-23-20-18(21(25)28)12-24-26(20)16-5-3-2-4-6-16/h2-10,12,14H,11,13H2,1H3,(H,22,27). The number of amides is 1. The Labute approximate surface area is 166 Å². The number of nitrogens with one attached hydrogen (secondary N) is 1. The molecule has 0 bridgehead atoms. The zero-order valence-corrected chi connectivity index (χ0v) is 15.8. The molecule has 0 radical (unpaired) electrons. The van der Waals surface area contributed by atoms with Crippen molar-refractivity contribution in [3.63, 3.8) is 0 Å². The molecule has 1 N–H and O–H groups in total. The number of hydrogen-bond donors (Lipinski definition) is 1. The lowest BCUT2D eigenvalue weighted by molar-refractivity contribution is -0.121. The fourth-order valence-corrected chi connectivity index (χ4v) is 2.97. The highest BCUT2D eigenvalue weighted by atomic mass is 16.5. The molecular weight excluding hydrogens is 370 g/mol. The molecule has 4 rings (SSSR count). The van der Waals surface area contributed by atoms with Crippen LogP contribution >= 0.6 is 0 Å². The summed E-state index contributed by atoms with van der Waals surface area (Å²) in [6, 6.07) is 16.8. The lowest BCUT2D eigenvalue weighted by Crippen LogP contribution is -2.32. The molecule has 2 heterocycles. The Kier molecular flexibility index (Phi) is 5.07. The predicted molar refractivity (Wildman–Crippen MR) is 108 cm³/mol. The molecule has 0 aliphatic carbocycles. The molecular formula is C21H19N5O3. The first kappa shape index (κ1) is 18.4. The summed E-state index contributed by atoms with van der Waals surface area (Å²) in [5, 5.41) is 7.43. The van der Waals surface area contributed by atoms with E-state index in [1.807, 2.05) is 54.6 Å². The molecule has 0 atom stereocenters. The number of rotatable bonds is 6. The van der Waals surface area contributed by atoms with E-state index < -0.39 is 0 Å². The number of hydrogen-bond acceptors (Lipinski definition) is 5. The van der Waals surface area contributed by atoms with E-state index in [-0.39, 0.29) is 18.0 Å². The van der Waals surface area contributed by atoms with E-state index in [0.29, 0.717) is 17.6 Å². The molecule has 8 nitrogen and oxygen atoms in total. The van der Waals surface area contributed by atoms with E-state index in [0.717, 1.165) is 17.0 Å². The van der Waals surface area contributed by atoms with Crippen molar-refractivity contribution in [2.45, 2.75) is 13.1 Å². The second-order valence-electron chi connectivity index (χ2n) is 6.43. The molecule has 29 heavy (non-hydrogen) atoms. The van der Waals surface area contributed by atoms with Crippen molar-refractivity contribution in [2.75, 3.05) is 7.11 Å². The summed E-state index contributed by atoms with van der Waals surface area (Å²) in [6.07, 6.45) is 2.85. The van der Waals surface area contributed by atoms with E-state index in [1.54, 1.807) is 11.8 Å². The van der Waals surface area contributed by atoms with Crippen LogP contribution in [0, 0.1) is 0 Å². The van der Waals surface area contributed by atoms with Crippen LogP contribution < -0.4 is 15.6 Å². The van der Waals surface area contributed by atoms with Gasteiger partial charge < -0.3 is 10.1 Å². The van der Waals surface area contributed by atoms with E-state index in [4.69, 9.17) is 4.74 Å². The van der Waals surface area contributed by atoms with Crippen molar-refractivity contribution in [3.05, 3.63) is 83.0 Å². The SMILES string of the molecule is COc1ccc(CNC(=O)Cn2cnc3c(cnn3-c3ccccc3)c2=O)cc1. The molecule has 0 saturated carbocycles. The van der Waals surface area contributed by atoms with Gasteiger partial charge in [0.2, 0.25) is 5.91 Å². The molecule has 0 saturated heterocycles. The minimum Gasteiger partial charge on any atom is -0.497 e. The third-order valence-corrected chi connectivity index (χ3v) is 4.52. The van der Waals surface area contributed by atoms with E-state index >= 15 is 0 Å². The van der Waals surface area contributed by atoms with Gasteiger partial charge in [0, 0.05) is 6.54 Å². The zero-order valence-electron chi connectivity index (χ0n) is 15.8. The summed E-state index contributed by atoms with van der Waals surface area (Å²) < 4.78 is 8.00. The van der Waals surface area contributed by atoms with Gasteiger partial charge in [-0.3, -0.25) is 14.2 Å². The van der Waals surface area contributed by atoms with Gasteiger partial charge in [0.05, 0.1) is 19.0 Å². The van der Waals surface area contributed by atoms with Crippen LogP contribution in [0.2, 0.25) is 0 Å². The average molecular weight is 389 g/mol. The molecule has 2 aromatic heterocycles. The highest BCUT2D eigenvalue weighted by Gasteiger charge is 2.13. The number of ether oxygens (including phenoxy) is 1. The van der Waals surface area contributed by atoms with Crippen molar-refractivity contribution in [1.29, 1.82) is 0 Å². The Morgan fingerprint density at radius 2 is 1.86 bits per heavy atom. The molecule has 0 aliphatic rings. The van der Waals surface area contributed by atoms with Crippen LogP contribution in [0.1, 0.15) is 5.56 Å². The van der Waals surface area contributed by atoms with E-state index in [1.165, 1.54) is 17.1 Å². The Hall–Kier alpha value is -3.94. The molecule has 0 spiro atoms. The molecule has 4 aromatic rings. The Morgan fingerprint density at radius 3 is 2.59 bits per heavy atom.